The quantitative estimate of drug-likeness (QED) is 0.800. The number of rotatable bonds is 8. The van der Waals surface area contributed by atoms with Gasteiger partial charge in [0.2, 0.25) is 0 Å². The molecule has 0 radical (unpaired) electrons. The van der Waals surface area contributed by atoms with Crippen LogP contribution in [-0.2, 0) is 19.9 Å². The van der Waals surface area contributed by atoms with Crippen molar-refractivity contribution in [2.24, 2.45) is 7.05 Å². The number of benzene rings is 1. The van der Waals surface area contributed by atoms with E-state index in [2.05, 4.69) is 53.7 Å². The van der Waals surface area contributed by atoms with E-state index >= 15 is 0 Å². The number of aromatic nitrogens is 2. The summed E-state index contributed by atoms with van der Waals surface area (Å²) in [6.45, 7) is 3.30. The number of nitrogens with one attached hydrogen (secondary N) is 1. The number of hydrogen-bond acceptors (Lipinski definition) is 2. The van der Waals surface area contributed by atoms with Crippen molar-refractivity contribution in [2.75, 3.05) is 6.54 Å². The summed E-state index contributed by atoms with van der Waals surface area (Å²) in [7, 11) is 2.01. The molecule has 0 amide bonds. The van der Waals surface area contributed by atoms with Gasteiger partial charge in [0, 0.05) is 25.0 Å². The normalized spacial score (nSPS) is 12.5. The smallest absolute Gasteiger partial charge is 0.0492 e. The first-order valence-corrected chi connectivity index (χ1v) is 7.53. The molecule has 0 aliphatic carbocycles. The van der Waals surface area contributed by atoms with Crippen molar-refractivity contribution in [2.45, 2.75) is 38.6 Å². The highest BCUT2D eigenvalue weighted by Crippen LogP contribution is 2.10. The van der Waals surface area contributed by atoms with E-state index in [1.807, 2.05) is 17.9 Å². The Bertz CT molecular complexity index is 490. The van der Waals surface area contributed by atoms with E-state index in [1.54, 1.807) is 0 Å². The first-order chi connectivity index (χ1) is 9.79. The van der Waals surface area contributed by atoms with Gasteiger partial charge in [-0.2, -0.15) is 5.10 Å². The topological polar surface area (TPSA) is 29.9 Å². The van der Waals surface area contributed by atoms with Crippen molar-refractivity contribution in [1.82, 2.24) is 15.1 Å². The molecule has 0 saturated heterocycles. The fraction of sp³-hybridized carbons (Fsp3) is 0.471. The zero-order valence-corrected chi connectivity index (χ0v) is 12.5. The van der Waals surface area contributed by atoms with Gasteiger partial charge in [-0.05, 0) is 43.9 Å². The van der Waals surface area contributed by atoms with E-state index < -0.39 is 0 Å². The van der Waals surface area contributed by atoms with Gasteiger partial charge in [-0.1, -0.05) is 37.3 Å². The SMILES string of the molecule is CCCNC(CCc1ccnn1C)Cc1ccccc1. The van der Waals surface area contributed by atoms with Gasteiger partial charge in [0.25, 0.3) is 0 Å². The fourth-order valence-corrected chi connectivity index (χ4v) is 2.49. The molecule has 108 valence electrons. The van der Waals surface area contributed by atoms with Gasteiger partial charge in [0.05, 0.1) is 0 Å². The molecule has 0 saturated carbocycles. The van der Waals surface area contributed by atoms with Gasteiger partial charge in [0.15, 0.2) is 0 Å². The second kappa shape index (κ2) is 7.85. The van der Waals surface area contributed by atoms with E-state index in [1.165, 1.54) is 17.7 Å². The van der Waals surface area contributed by atoms with Crippen molar-refractivity contribution in [1.29, 1.82) is 0 Å². The van der Waals surface area contributed by atoms with Crippen LogP contribution in [0.1, 0.15) is 31.0 Å². The molecule has 3 heteroatoms. The lowest BCUT2D eigenvalue weighted by molar-refractivity contribution is 0.471. The summed E-state index contributed by atoms with van der Waals surface area (Å²) >= 11 is 0. The van der Waals surface area contributed by atoms with Crippen molar-refractivity contribution in [3.05, 3.63) is 53.9 Å². The van der Waals surface area contributed by atoms with Crippen LogP contribution in [-0.4, -0.2) is 22.4 Å². The van der Waals surface area contributed by atoms with Crippen LogP contribution in [0, 0.1) is 0 Å². The Morgan fingerprint density at radius 1 is 1.20 bits per heavy atom. The molecule has 1 aromatic heterocycles. The predicted octanol–water partition coefficient (Wildman–Crippen LogP) is 2.96. The van der Waals surface area contributed by atoms with Gasteiger partial charge in [-0.15, -0.1) is 0 Å². The van der Waals surface area contributed by atoms with Crippen LogP contribution in [0.5, 0.6) is 0 Å². The van der Waals surface area contributed by atoms with Crippen LogP contribution in [0.4, 0.5) is 0 Å². The maximum atomic E-state index is 4.24. The Labute approximate surface area is 122 Å². The van der Waals surface area contributed by atoms with Crippen LogP contribution in [0.25, 0.3) is 0 Å². The van der Waals surface area contributed by atoms with Crippen molar-refractivity contribution in [3.8, 4) is 0 Å². The minimum absolute atomic E-state index is 0.534. The van der Waals surface area contributed by atoms with E-state index in [9.17, 15) is 0 Å². The summed E-state index contributed by atoms with van der Waals surface area (Å²) in [5.74, 6) is 0. The summed E-state index contributed by atoms with van der Waals surface area (Å²) < 4.78 is 1.97. The Morgan fingerprint density at radius 2 is 2.00 bits per heavy atom. The highest BCUT2D eigenvalue weighted by molar-refractivity contribution is 5.16. The van der Waals surface area contributed by atoms with Crippen LogP contribution in [0.3, 0.4) is 0 Å². The van der Waals surface area contributed by atoms with Gasteiger partial charge in [-0.25, -0.2) is 0 Å². The van der Waals surface area contributed by atoms with Gasteiger partial charge in [0.1, 0.15) is 0 Å². The minimum Gasteiger partial charge on any atom is -0.314 e. The summed E-state index contributed by atoms with van der Waals surface area (Å²) in [6, 6.07) is 13.4. The number of hydrogen-bond donors (Lipinski definition) is 1. The lowest BCUT2D eigenvalue weighted by atomic mass is 10.0. The molecule has 1 N–H and O–H groups in total. The third-order valence-electron chi connectivity index (χ3n) is 3.68. The second-order valence-corrected chi connectivity index (χ2v) is 5.33. The monoisotopic (exact) mass is 271 g/mol. The molecule has 1 unspecified atom stereocenters. The molecule has 1 atom stereocenters. The molecule has 20 heavy (non-hydrogen) atoms. The Kier molecular flexibility index (Phi) is 5.81. The Morgan fingerprint density at radius 3 is 2.65 bits per heavy atom. The summed E-state index contributed by atoms with van der Waals surface area (Å²) in [6.07, 6.45) is 6.37. The highest BCUT2D eigenvalue weighted by Gasteiger charge is 2.10. The molecule has 1 aromatic carbocycles. The standard InChI is InChI=1S/C17H25N3/c1-3-12-18-16(14-15-7-5-4-6-8-15)9-10-17-11-13-19-20(17)2/h4-8,11,13,16,18H,3,9-10,12,14H2,1-2H3. The summed E-state index contributed by atoms with van der Waals surface area (Å²) in [5.41, 5.74) is 2.72. The summed E-state index contributed by atoms with van der Waals surface area (Å²) in [5, 5.41) is 7.91. The molecule has 0 spiro atoms. The molecular weight excluding hydrogens is 246 g/mol. The van der Waals surface area contributed by atoms with Crippen molar-refractivity contribution >= 4 is 0 Å². The van der Waals surface area contributed by atoms with Crippen molar-refractivity contribution < 1.29 is 0 Å². The molecular formula is C17H25N3. The minimum atomic E-state index is 0.534. The Balaban J connectivity index is 1.91. The average molecular weight is 271 g/mol. The lowest BCUT2D eigenvalue weighted by Crippen LogP contribution is -2.32. The molecule has 0 fully saturated rings. The number of nitrogens with zero attached hydrogens (tertiary/aromatic N) is 2. The second-order valence-electron chi connectivity index (χ2n) is 5.33. The molecule has 3 nitrogen and oxygen atoms in total. The fourth-order valence-electron chi connectivity index (χ4n) is 2.49. The largest absolute Gasteiger partial charge is 0.314 e. The summed E-state index contributed by atoms with van der Waals surface area (Å²) in [4.78, 5) is 0. The van der Waals surface area contributed by atoms with E-state index in [0.29, 0.717) is 6.04 Å². The zero-order chi connectivity index (χ0) is 14.2. The zero-order valence-electron chi connectivity index (χ0n) is 12.5. The average Bonchev–Trinajstić information content (AvgIpc) is 2.88. The molecule has 2 aromatic rings. The highest BCUT2D eigenvalue weighted by atomic mass is 15.2. The Hall–Kier alpha value is -1.61. The van der Waals surface area contributed by atoms with E-state index in [-0.39, 0.29) is 0 Å². The molecule has 2 rings (SSSR count). The molecule has 0 aliphatic heterocycles. The lowest BCUT2D eigenvalue weighted by Gasteiger charge is -2.18. The molecule has 1 heterocycles. The van der Waals surface area contributed by atoms with E-state index in [4.69, 9.17) is 0 Å². The van der Waals surface area contributed by atoms with Crippen LogP contribution < -0.4 is 5.32 Å². The van der Waals surface area contributed by atoms with E-state index in [0.717, 1.165) is 25.8 Å². The van der Waals surface area contributed by atoms with Gasteiger partial charge in [-0.3, -0.25) is 4.68 Å². The van der Waals surface area contributed by atoms with Gasteiger partial charge >= 0.3 is 0 Å². The maximum Gasteiger partial charge on any atom is 0.0492 e. The van der Waals surface area contributed by atoms with Crippen LogP contribution >= 0.6 is 0 Å². The first kappa shape index (κ1) is 14.8. The maximum absolute atomic E-state index is 4.24. The van der Waals surface area contributed by atoms with Crippen LogP contribution in [0.2, 0.25) is 0 Å². The van der Waals surface area contributed by atoms with Crippen LogP contribution in [0.15, 0.2) is 42.6 Å². The third kappa shape index (κ3) is 4.49. The van der Waals surface area contributed by atoms with Crippen molar-refractivity contribution in [3.63, 3.8) is 0 Å². The molecule has 0 bridgehead atoms. The van der Waals surface area contributed by atoms with Gasteiger partial charge < -0.3 is 5.32 Å². The third-order valence-corrected chi connectivity index (χ3v) is 3.68. The number of aryl methyl sites for hydroxylation is 2. The first-order valence-electron chi connectivity index (χ1n) is 7.53. The molecule has 0 aliphatic rings. The predicted molar refractivity (Wildman–Crippen MR) is 83.8 cm³/mol.